The molecule has 0 aliphatic heterocycles. The van der Waals surface area contributed by atoms with Gasteiger partial charge in [0.15, 0.2) is 0 Å². The van der Waals surface area contributed by atoms with Crippen LogP contribution in [0.5, 0.6) is 0 Å². The zero-order valence-corrected chi connectivity index (χ0v) is 35.7. The summed E-state index contributed by atoms with van der Waals surface area (Å²) < 4.78 is 3.54. The van der Waals surface area contributed by atoms with Crippen molar-refractivity contribution in [3.63, 3.8) is 0 Å². The van der Waals surface area contributed by atoms with Crippen molar-refractivity contribution < 1.29 is 42.2 Å². The van der Waals surface area contributed by atoms with Gasteiger partial charge in [0, 0.05) is 0 Å². The Kier molecular flexibility index (Phi) is 11.7. The van der Waals surface area contributed by atoms with Crippen LogP contribution in [0.2, 0.25) is 0 Å². The van der Waals surface area contributed by atoms with Crippen molar-refractivity contribution in [3.05, 3.63) is 198 Å². The van der Waals surface area contributed by atoms with Gasteiger partial charge in [-0.2, -0.15) is 0 Å². The van der Waals surface area contributed by atoms with Crippen LogP contribution in [-0.2, 0) is 17.4 Å². The van der Waals surface area contributed by atoms with Crippen LogP contribution in [0.15, 0.2) is 131 Å². The standard InChI is InChI=1S/C31H29.C15H14.C5H5.2ClH.Ti/c1-18-11-20(3)30(21(4)12-18)26-9-7-24-15-25-8-10-27(17-29(25)28(24)16-26)31-22(5)13-19(2)14-23(31)6;1-12-3-7-14(8-4-12)11-15-9-5-13(2)6-10-15;1-2-4-5-3-1;;;/h7-17H,1-6H3;3-10H,1-2H3;1-3H,4H2;2*1H;/q;;;;;+2/p-2. The van der Waals surface area contributed by atoms with Crippen LogP contribution >= 0.6 is 0 Å². The number of rotatable bonds is 6. The number of hydrogen-bond donors (Lipinski definition) is 0. The molecule has 6 aromatic rings. The van der Waals surface area contributed by atoms with Crippen molar-refractivity contribution in [3.8, 4) is 33.4 Å². The third-order valence-corrected chi connectivity index (χ3v) is 16.6. The van der Waals surface area contributed by atoms with Gasteiger partial charge in [0.2, 0.25) is 0 Å². The quantitative estimate of drug-likeness (QED) is 0.156. The first kappa shape index (κ1) is 39.7. The summed E-state index contributed by atoms with van der Waals surface area (Å²) in [4.78, 5) is 0. The first-order valence-corrected chi connectivity index (χ1v) is 21.2. The number of aryl methyl sites for hydroxylation is 8. The Labute approximate surface area is 341 Å². The van der Waals surface area contributed by atoms with Crippen LogP contribution in [0.1, 0.15) is 77.4 Å². The van der Waals surface area contributed by atoms with E-state index in [2.05, 4.69) is 183 Å². The van der Waals surface area contributed by atoms with Crippen molar-refractivity contribution in [1.29, 1.82) is 0 Å². The van der Waals surface area contributed by atoms with E-state index in [-0.39, 0.29) is 24.8 Å². The van der Waals surface area contributed by atoms with Crippen LogP contribution in [0.25, 0.3) is 33.4 Å². The van der Waals surface area contributed by atoms with Crippen LogP contribution in [0.4, 0.5) is 0 Å². The molecule has 0 aromatic heterocycles. The molecule has 54 heavy (non-hydrogen) atoms. The van der Waals surface area contributed by atoms with E-state index in [9.17, 15) is 0 Å². The number of allylic oxidation sites excluding steroid dienone is 4. The molecule has 6 aromatic carbocycles. The SMILES string of the molecule is Cc1ccc([C](c2ccc(C)cc2)=[Ti+2]([C]2=CC=CC2)[CH]2c3ccc(-c4c(C)cc(C)cc4C)cc3-c3cc(-c4c(C)cc(C)cc4C)ccc32)cc1.[Cl-].[Cl-]. The van der Waals surface area contributed by atoms with E-state index >= 15 is 0 Å². The van der Waals surface area contributed by atoms with E-state index in [1.54, 1.807) is 7.69 Å². The molecule has 0 heterocycles. The Morgan fingerprint density at radius 2 is 0.889 bits per heavy atom. The second-order valence-electron chi connectivity index (χ2n) is 15.4. The van der Waals surface area contributed by atoms with Gasteiger partial charge in [0.25, 0.3) is 0 Å². The molecule has 0 spiro atoms. The first-order chi connectivity index (χ1) is 25.1. The summed E-state index contributed by atoms with van der Waals surface area (Å²) >= 11 is -2.35. The molecule has 0 nitrogen and oxygen atoms in total. The van der Waals surface area contributed by atoms with Crippen LogP contribution in [0.3, 0.4) is 0 Å². The van der Waals surface area contributed by atoms with Gasteiger partial charge in [-0.3, -0.25) is 0 Å². The van der Waals surface area contributed by atoms with Crippen molar-refractivity contribution in [2.75, 3.05) is 0 Å². The maximum absolute atomic E-state index is 2.53. The Hall–Kier alpha value is -4.04. The van der Waals surface area contributed by atoms with Crippen molar-refractivity contribution in [2.45, 2.75) is 66.0 Å². The zero-order valence-electron chi connectivity index (χ0n) is 32.7. The molecule has 0 amide bonds. The Bertz CT molecular complexity index is 2290. The average Bonchev–Trinajstić information content (AvgIpc) is 3.74. The van der Waals surface area contributed by atoms with Gasteiger partial charge in [0.1, 0.15) is 0 Å². The largest absolute Gasteiger partial charge is 1.00 e. The number of fused-ring (bicyclic) bond motifs is 3. The molecule has 0 saturated heterocycles. The van der Waals surface area contributed by atoms with Crippen LogP contribution in [-0.4, -0.2) is 3.81 Å². The molecule has 2 aliphatic rings. The van der Waals surface area contributed by atoms with Gasteiger partial charge in [-0.05, 0) is 0 Å². The van der Waals surface area contributed by atoms with Crippen molar-refractivity contribution in [1.82, 2.24) is 0 Å². The summed E-state index contributed by atoms with van der Waals surface area (Å²) in [7, 11) is 0. The Morgan fingerprint density at radius 3 is 1.26 bits per heavy atom. The third kappa shape index (κ3) is 7.23. The predicted octanol–water partition coefficient (Wildman–Crippen LogP) is 7.30. The Morgan fingerprint density at radius 1 is 0.481 bits per heavy atom. The minimum absolute atomic E-state index is 0. The molecule has 8 rings (SSSR count). The molecule has 0 atom stereocenters. The minimum Gasteiger partial charge on any atom is -1.00 e. The van der Waals surface area contributed by atoms with Gasteiger partial charge in [0.05, 0.1) is 0 Å². The molecule has 270 valence electrons. The summed E-state index contributed by atoms with van der Waals surface area (Å²) in [5, 5.41) is 0. The van der Waals surface area contributed by atoms with E-state index in [1.807, 2.05) is 0 Å². The van der Waals surface area contributed by atoms with Gasteiger partial charge in [-0.15, -0.1) is 0 Å². The van der Waals surface area contributed by atoms with E-state index < -0.39 is 17.4 Å². The van der Waals surface area contributed by atoms with E-state index in [4.69, 9.17) is 0 Å². The van der Waals surface area contributed by atoms with Gasteiger partial charge < -0.3 is 24.8 Å². The predicted molar refractivity (Wildman–Crippen MR) is 220 cm³/mol. The molecule has 0 unspecified atom stereocenters. The topological polar surface area (TPSA) is 0 Å². The summed E-state index contributed by atoms with van der Waals surface area (Å²) in [5.41, 5.74) is 24.5. The van der Waals surface area contributed by atoms with E-state index in [0.29, 0.717) is 4.22 Å². The zero-order chi connectivity index (χ0) is 36.3. The minimum atomic E-state index is -2.35. The van der Waals surface area contributed by atoms with Crippen molar-refractivity contribution >= 4 is 3.81 Å². The second kappa shape index (κ2) is 16.0. The number of benzene rings is 6. The molecular weight excluding hydrogens is 731 g/mol. The molecule has 3 heteroatoms. The fraction of sp³-hybridized carbons (Fsp3) is 0.196. The van der Waals surface area contributed by atoms with Crippen molar-refractivity contribution in [2.24, 2.45) is 0 Å². The Balaban J connectivity index is 0.00000249. The van der Waals surface area contributed by atoms with Crippen LogP contribution < -0.4 is 24.8 Å². The second-order valence-corrected chi connectivity index (χ2v) is 19.4. The molecule has 0 saturated carbocycles. The number of hydrogen-bond acceptors (Lipinski definition) is 0. The molecule has 0 radical (unpaired) electrons. The molecule has 2 aliphatic carbocycles. The van der Waals surface area contributed by atoms with E-state index in [0.717, 1.165) is 6.42 Å². The molecule has 0 bridgehead atoms. The molecule has 0 N–H and O–H groups in total. The van der Waals surface area contributed by atoms with Crippen LogP contribution in [0, 0.1) is 55.4 Å². The maximum atomic E-state index is 2.53. The maximum Gasteiger partial charge on any atom is -1.00 e. The summed E-state index contributed by atoms with van der Waals surface area (Å²) in [6.07, 6.45) is 8.19. The monoisotopic (exact) mass is 778 g/mol. The summed E-state index contributed by atoms with van der Waals surface area (Å²) in [6.45, 7) is 17.9. The number of halogens is 2. The van der Waals surface area contributed by atoms with Gasteiger partial charge >= 0.3 is 319 Å². The summed E-state index contributed by atoms with van der Waals surface area (Å²) in [5.74, 6) is 0. The first-order valence-electron chi connectivity index (χ1n) is 18.8. The van der Waals surface area contributed by atoms with Gasteiger partial charge in [-0.1, -0.05) is 0 Å². The normalized spacial score (nSPS) is 12.6. The fourth-order valence-electron chi connectivity index (χ4n) is 9.20. The van der Waals surface area contributed by atoms with E-state index in [1.165, 1.54) is 100 Å². The van der Waals surface area contributed by atoms with Gasteiger partial charge in [-0.25, -0.2) is 0 Å². The third-order valence-electron chi connectivity index (χ3n) is 11.3. The fourth-order valence-corrected chi connectivity index (χ4v) is 14.9. The molecular formula is C51H48Cl2Ti. The summed E-state index contributed by atoms with van der Waals surface area (Å²) in [6, 6.07) is 43.0. The molecule has 0 fully saturated rings. The average molecular weight is 780 g/mol. The smallest absolute Gasteiger partial charge is 1.00 e.